The summed E-state index contributed by atoms with van der Waals surface area (Å²) in [5.74, 6) is -0.408. The first-order chi connectivity index (χ1) is 11.3. The van der Waals surface area contributed by atoms with E-state index in [1.54, 1.807) is 0 Å². The Balaban J connectivity index is 1.61. The van der Waals surface area contributed by atoms with Crippen molar-refractivity contribution < 1.29 is 14.7 Å². The number of aliphatic hydroxyl groups is 1. The largest absolute Gasteiger partial charge is 0.390 e. The van der Waals surface area contributed by atoms with E-state index >= 15 is 0 Å². The summed E-state index contributed by atoms with van der Waals surface area (Å²) in [5.41, 5.74) is 4.21. The van der Waals surface area contributed by atoms with Gasteiger partial charge in [-0.3, -0.25) is 4.79 Å². The van der Waals surface area contributed by atoms with Crippen LogP contribution in [0.1, 0.15) is 12.0 Å². The fourth-order valence-corrected chi connectivity index (χ4v) is 2.48. The van der Waals surface area contributed by atoms with Gasteiger partial charge in [0.05, 0.1) is 12.3 Å². The molecular formula is C18H18N2O3. The van der Waals surface area contributed by atoms with Crippen LogP contribution in [0, 0.1) is 0 Å². The zero-order valence-corrected chi connectivity index (χ0v) is 12.6. The highest BCUT2D eigenvalue weighted by molar-refractivity contribution is 6.01. The van der Waals surface area contributed by atoms with Gasteiger partial charge in [-0.15, -0.1) is 0 Å². The number of carbonyl (C=O) groups excluding carboxylic acids is 1. The topological polar surface area (TPSA) is 70.9 Å². The van der Waals surface area contributed by atoms with Crippen LogP contribution in [-0.4, -0.2) is 36.0 Å². The SMILES string of the molecule is O=C(CO)NC[C@H]1CC(c2ccc(-c3ccccc3)cc2)=NO1. The summed E-state index contributed by atoms with van der Waals surface area (Å²) in [6.07, 6.45) is 0.449. The molecule has 5 heteroatoms. The zero-order valence-electron chi connectivity index (χ0n) is 12.6. The number of nitrogens with zero attached hydrogens (tertiary/aromatic N) is 1. The van der Waals surface area contributed by atoms with Gasteiger partial charge in [-0.05, 0) is 16.7 Å². The number of carbonyl (C=O) groups is 1. The van der Waals surface area contributed by atoms with Gasteiger partial charge in [-0.25, -0.2) is 0 Å². The highest BCUT2D eigenvalue weighted by atomic mass is 16.6. The van der Waals surface area contributed by atoms with Gasteiger partial charge in [-0.1, -0.05) is 59.8 Å². The van der Waals surface area contributed by atoms with Crippen LogP contribution >= 0.6 is 0 Å². The Morgan fingerprint density at radius 1 is 1.09 bits per heavy atom. The molecule has 1 aliphatic heterocycles. The van der Waals surface area contributed by atoms with Crippen molar-refractivity contribution in [3.8, 4) is 11.1 Å². The standard InChI is InChI=1S/C18H18N2O3/c21-12-18(22)19-11-16-10-17(20-23-16)15-8-6-14(7-9-15)13-4-2-1-3-5-13/h1-9,16,21H,10-12H2,(H,19,22)/t16-/m1/s1. The Hall–Kier alpha value is -2.66. The van der Waals surface area contributed by atoms with Crippen molar-refractivity contribution in [2.75, 3.05) is 13.2 Å². The van der Waals surface area contributed by atoms with Crippen molar-refractivity contribution in [1.29, 1.82) is 0 Å². The van der Waals surface area contributed by atoms with Crippen LogP contribution in [0.2, 0.25) is 0 Å². The monoisotopic (exact) mass is 310 g/mol. The molecule has 0 aliphatic carbocycles. The maximum Gasteiger partial charge on any atom is 0.245 e. The fraction of sp³-hybridized carbons (Fsp3) is 0.222. The van der Waals surface area contributed by atoms with Crippen molar-refractivity contribution in [2.45, 2.75) is 12.5 Å². The van der Waals surface area contributed by atoms with Crippen LogP contribution in [0.3, 0.4) is 0 Å². The summed E-state index contributed by atoms with van der Waals surface area (Å²) in [6, 6.07) is 18.4. The molecule has 2 N–H and O–H groups in total. The lowest BCUT2D eigenvalue weighted by molar-refractivity contribution is -0.124. The fourth-order valence-electron chi connectivity index (χ4n) is 2.48. The van der Waals surface area contributed by atoms with Crippen LogP contribution in [-0.2, 0) is 9.63 Å². The number of nitrogens with one attached hydrogen (secondary N) is 1. The summed E-state index contributed by atoms with van der Waals surface area (Å²) in [5, 5.41) is 15.4. The Morgan fingerprint density at radius 2 is 1.74 bits per heavy atom. The molecular weight excluding hydrogens is 292 g/mol. The number of hydrogen-bond donors (Lipinski definition) is 2. The van der Waals surface area contributed by atoms with E-state index in [0.29, 0.717) is 13.0 Å². The number of rotatable bonds is 5. The lowest BCUT2D eigenvalue weighted by atomic mass is 10.0. The van der Waals surface area contributed by atoms with Crippen molar-refractivity contribution in [1.82, 2.24) is 5.32 Å². The minimum atomic E-state index is -0.513. The van der Waals surface area contributed by atoms with Gasteiger partial charge in [0.15, 0.2) is 0 Å². The number of benzene rings is 2. The molecule has 1 aliphatic rings. The van der Waals surface area contributed by atoms with Crippen LogP contribution in [0.15, 0.2) is 59.8 Å². The van der Waals surface area contributed by atoms with E-state index in [1.165, 1.54) is 5.56 Å². The van der Waals surface area contributed by atoms with E-state index in [-0.39, 0.29) is 6.10 Å². The zero-order chi connectivity index (χ0) is 16.1. The molecule has 0 saturated carbocycles. The Morgan fingerprint density at radius 3 is 2.43 bits per heavy atom. The van der Waals surface area contributed by atoms with Gasteiger partial charge in [0.1, 0.15) is 12.7 Å². The second kappa shape index (κ2) is 7.07. The lowest BCUT2D eigenvalue weighted by Gasteiger charge is -2.08. The third kappa shape index (κ3) is 3.76. The van der Waals surface area contributed by atoms with Crippen molar-refractivity contribution in [3.05, 3.63) is 60.2 Å². The van der Waals surface area contributed by atoms with Gasteiger partial charge < -0.3 is 15.3 Å². The Labute approximate surface area is 134 Å². The van der Waals surface area contributed by atoms with Crippen LogP contribution < -0.4 is 5.32 Å². The van der Waals surface area contributed by atoms with Crippen LogP contribution in [0.5, 0.6) is 0 Å². The van der Waals surface area contributed by atoms with Gasteiger partial charge in [0.2, 0.25) is 5.91 Å². The predicted octanol–water partition coefficient (Wildman–Crippen LogP) is 1.96. The van der Waals surface area contributed by atoms with Gasteiger partial charge in [0, 0.05) is 6.42 Å². The molecule has 5 nitrogen and oxygen atoms in total. The Bertz CT molecular complexity index is 696. The third-order valence-corrected chi connectivity index (χ3v) is 3.73. The number of aliphatic hydroxyl groups excluding tert-OH is 1. The molecule has 3 rings (SSSR count). The molecule has 0 radical (unpaired) electrons. The smallest absolute Gasteiger partial charge is 0.245 e. The number of oxime groups is 1. The molecule has 0 fully saturated rings. The first kappa shape index (κ1) is 15.2. The van der Waals surface area contributed by atoms with Crippen LogP contribution in [0.25, 0.3) is 11.1 Å². The molecule has 1 amide bonds. The van der Waals surface area contributed by atoms with Crippen molar-refractivity contribution in [3.63, 3.8) is 0 Å². The normalized spacial score (nSPS) is 16.6. The Kier molecular flexibility index (Phi) is 4.68. The van der Waals surface area contributed by atoms with E-state index in [9.17, 15) is 4.79 Å². The second-order valence-corrected chi connectivity index (χ2v) is 5.38. The predicted molar refractivity (Wildman–Crippen MR) is 88.0 cm³/mol. The summed E-state index contributed by atoms with van der Waals surface area (Å²) in [6.45, 7) is -0.171. The molecule has 1 heterocycles. The molecule has 2 aromatic rings. The maximum atomic E-state index is 11.0. The highest BCUT2D eigenvalue weighted by Crippen LogP contribution is 2.22. The van der Waals surface area contributed by atoms with Gasteiger partial charge in [-0.2, -0.15) is 0 Å². The highest BCUT2D eigenvalue weighted by Gasteiger charge is 2.22. The van der Waals surface area contributed by atoms with E-state index in [2.05, 4.69) is 34.7 Å². The van der Waals surface area contributed by atoms with E-state index < -0.39 is 12.5 Å². The van der Waals surface area contributed by atoms with E-state index in [4.69, 9.17) is 9.94 Å². The molecule has 0 unspecified atom stereocenters. The average molecular weight is 310 g/mol. The van der Waals surface area contributed by atoms with Gasteiger partial charge in [0.25, 0.3) is 0 Å². The van der Waals surface area contributed by atoms with Crippen molar-refractivity contribution >= 4 is 11.6 Å². The first-order valence-electron chi connectivity index (χ1n) is 7.52. The summed E-state index contributed by atoms with van der Waals surface area (Å²) in [7, 11) is 0. The van der Waals surface area contributed by atoms with Crippen molar-refractivity contribution in [2.24, 2.45) is 5.16 Å². The van der Waals surface area contributed by atoms with E-state index in [1.807, 2.05) is 30.3 Å². The molecule has 1 atom stereocenters. The average Bonchev–Trinajstić information content (AvgIpc) is 3.09. The third-order valence-electron chi connectivity index (χ3n) is 3.73. The minimum Gasteiger partial charge on any atom is -0.390 e. The van der Waals surface area contributed by atoms with Crippen LogP contribution in [0.4, 0.5) is 0 Å². The quantitative estimate of drug-likeness (QED) is 0.887. The molecule has 0 aromatic heterocycles. The minimum absolute atomic E-state index is 0.186. The molecule has 118 valence electrons. The molecule has 0 saturated heterocycles. The molecule has 0 spiro atoms. The first-order valence-corrected chi connectivity index (χ1v) is 7.52. The summed E-state index contributed by atoms with van der Waals surface area (Å²) in [4.78, 5) is 16.4. The number of hydrogen-bond acceptors (Lipinski definition) is 4. The second-order valence-electron chi connectivity index (χ2n) is 5.38. The molecule has 23 heavy (non-hydrogen) atoms. The maximum absolute atomic E-state index is 11.0. The molecule has 0 bridgehead atoms. The van der Waals surface area contributed by atoms with E-state index in [0.717, 1.165) is 16.8 Å². The number of amides is 1. The summed E-state index contributed by atoms with van der Waals surface area (Å²) < 4.78 is 0. The molecule has 2 aromatic carbocycles. The lowest BCUT2D eigenvalue weighted by Crippen LogP contribution is -2.33. The van der Waals surface area contributed by atoms with Gasteiger partial charge >= 0.3 is 0 Å². The summed E-state index contributed by atoms with van der Waals surface area (Å²) >= 11 is 0.